The molecular weight excluding hydrogens is 152 g/mol. The molecule has 60 valence electrons. The lowest BCUT2D eigenvalue weighted by molar-refractivity contribution is 0.0690. The monoisotopic (exact) mass is 158 g/mol. The van der Waals surface area contributed by atoms with Crippen molar-refractivity contribution in [2.45, 2.75) is 6.61 Å². The number of carboxylic acid groups (broad SMARTS) is 1. The first-order valence-electron chi connectivity index (χ1n) is 2.73. The van der Waals surface area contributed by atoms with Crippen LogP contribution in [0.4, 0.5) is 0 Å². The van der Waals surface area contributed by atoms with Crippen LogP contribution >= 0.6 is 0 Å². The highest BCUT2D eigenvalue weighted by Gasteiger charge is 2.09. The molecule has 0 unspecified atom stereocenters. The lowest BCUT2D eigenvalue weighted by atomic mass is 10.5. The molecular formula is C5H6N2O4. The van der Waals surface area contributed by atoms with Crippen molar-refractivity contribution >= 4 is 5.97 Å². The third kappa shape index (κ3) is 1.76. The molecule has 0 aliphatic heterocycles. The molecule has 1 heterocycles. The molecule has 0 aromatic carbocycles. The van der Waals surface area contributed by atoms with Crippen LogP contribution in [-0.4, -0.2) is 16.1 Å². The molecule has 0 aliphatic carbocycles. The number of aromatic nitrogens is 1. The number of aromatic carboxylic acids is 1. The summed E-state index contributed by atoms with van der Waals surface area (Å²) >= 11 is 0. The Kier molecular flexibility index (Phi) is 2.19. The molecule has 0 aliphatic rings. The maximum atomic E-state index is 10.2. The molecule has 0 saturated heterocycles. The molecule has 1 rings (SSSR count). The summed E-state index contributed by atoms with van der Waals surface area (Å²) in [5.74, 6) is 3.70. The van der Waals surface area contributed by atoms with Crippen LogP contribution in [0.2, 0.25) is 0 Å². The van der Waals surface area contributed by atoms with Gasteiger partial charge in [-0.1, -0.05) is 0 Å². The molecule has 0 saturated carbocycles. The average Bonchev–Trinajstić information content (AvgIpc) is 2.37. The first-order chi connectivity index (χ1) is 5.24. The van der Waals surface area contributed by atoms with Gasteiger partial charge in [0.05, 0.1) is 0 Å². The second-order valence-electron chi connectivity index (χ2n) is 1.74. The summed E-state index contributed by atoms with van der Waals surface area (Å²) in [5, 5.41) is 8.37. The van der Waals surface area contributed by atoms with Crippen molar-refractivity contribution in [2.75, 3.05) is 0 Å². The SMILES string of the molecule is NOCc1nc(C(=O)O)co1. The van der Waals surface area contributed by atoms with Gasteiger partial charge in [-0.3, -0.25) is 4.84 Å². The van der Waals surface area contributed by atoms with E-state index in [2.05, 4.69) is 14.2 Å². The van der Waals surface area contributed by atoms with Crippen molar-refractivity contribution < 1.29 is 19.2 Å². The van der Waals surface area contributed by atoms with Crippen LogP contribution in [-0.2, 0) is 11.4 Å². The number of nitrogens with zero attached hydrogens (tertiary/aromatic N) is 1. The van der Waals surface area contributed by atoms with Crippen molar-refractivity contribution in [2.24, 2.45) is 5.90 Å². The molecule has 1 aromatic heterocycles. The zero-order valence-corrected chi connectivity index (χ0v) is 5.48. The second-order valence-corrected chi connectivity index (χ2v) is 1.74. The van der Waals surface area contributed by atoms with Crippen LogP contribution in [0.5, 0.6) is 0 Å². The van der Waals surface area contributed by atoms with E-state index in [1.165, 1.54) is 0 Å². The van der Waals surface area contributed by atoms with Crippen LogP contribution in [0, 0.1) is 0 Å². The highest BCUT2D eigenvalue weighted by Crippen LogP contribution is 2.01. The lowest BCUT2D eigenvalue weighted by Crippen LogP contribution is -2.00. The minimum atomic E-state index is -1.14. The highest BCUT2D eigenvalue weighted by atomic mass is 16.6. The quantitative estimate of drug-likeness (QED) is 0.589. The number of hydrogen-bond acceptors (Lipinski definition) is 5. The van der Waals surface area contributed by atoms with Crippen LogP contribution in [0.1, 0.15) is 16.4 Å². The van der Waals surface area contributed by atoms with Crippen LogP contribution < -0.4 is 5.90 Å². The third-order valence-electron chi connectivity index (χ3n) is 0.978. The number of carbonyl (C=O) groups is 1. The Bertz CT molecular complexity index is 257. The Labute approximate surface area is 61.5 Å². The summed E-state index contributed by atoms with van der Waals surface area (Å²) < 4.78 is 4.67. The Morgan fingerprint density at radius 3 is 3.09 bits per heavy atom. The van der Waals surface area contributed by atoms with E-state index in [1.54, 1.807) is 0 Å². The molecule has 11 heavy (non-hydrogen) atoms. The zero-order valence-electron chi connectivity index (χ0n) is 5.48. The maximum Gasteiger partial charge on any atom is 0.357 e. The maximum absolute atomic E-state index is 10.2. The second kappa shape index (κ2) is 3.13. The highest BCUT2D eigenvalue weighted by molar-refractivity contribution is 5.84. The Morgan fingerprint density at radius 2 is 2.64 bits per heavy atom. The summed E-state index contributed by atoms with van der Waals surface area (Å²) in [7, 11) is 0. The molecule has 0 bridgehead atoms. The van der Waals surface area contributed by atoms with Gasteiger partial charge in [-0.15, -0.1) is 0 Å². The number of carboxylic acids is 1. The molecule has 6 heteroatoms. The topological polar surface area (TPSA) is 98.6 Å². The van der Waals surface area contributed by atoms with Gasteiger partial charge in [0.15, 0.2) is 5.69 Å². The zero-order chi connectivity index (χ0) is 8.27. The van der Waals surface area contributed by atoms with Crippen LogP contribution in [0.3, 0.4) is 0 Å². The van der Waals surface area contributed by atoms with Gasteiger partial charge in [0.2, 0.25) is 5.89 Å². The van der Waals surface area contributed by atoms with Gasteiger partial charge in [0.25, 0.3) is 0 Å². The summed E-state index contributed by atoms with van der Waals surface area (Å²) in [5.41, 5.74) is -0.156. The number of rotatable bonds is 3. The fourth-order valence-electron chi connectivity index (χ4n) is 0.547. The summed E-state index contributed by atoms with van der Waals surface area (Å²) in [4.78, 5) is 17.9. The largest absolute Gasteiger partial charge is 0.476 e. The fraction of sp³-hybridized carbons (Fsp3) is 0.200. The van der Waals surface area contributed by atoms with E-state index < -0.39 is 5.97 Å². The van der Waals surface area contributed by atoms with Crippen molar-refractivity contribution in [3.63, 3.8) is 0 Å². The van der Waals surface area contributed by atoms with Gasteiger partial charge in [-0.25, -0.2) is 15.7 Å². The Hall–Kier alpha value is -1.40. The van der Waals surface area contributed by atoms with Crippen molar-refractivity contribution in [1.82, 2.24) is 4.98 Å². The van der Waals surface area contributed by atoms with Crippen molar-refractivity contribution in [3.05, 3.63) is 17.8 Å². The van der Waals surface area contributed by atoms with Gasteiger partial charge in [-0.05, 0) is 0 Å². The van der Waals surface area contributed by atoms with Gasteiger partial charge in [-0.2, -0.15) is 0 Å². The van der Waals surface area contributed by atoms with Gasteiger partial charge >= 0.3 is 5.97 Å². The number of oxazole rings is 1. The van der Waals surface area contributed by atoms with Gasteiger partial charge < -0.3 is 9.52 Å². The van der Waals surface area contributed by atoms with Gasteiger partial charge in [0, 0.05) is 0 Å². The standard InChI is InChI=1S/C5H6N2O4/c6-11-2-4-7-3(1-10-4)5(8)9/h1H,2,6H2,(H,8,9). The van der Waals surface area contributed by atoms with E-state index in [9.17, 15) is 4.79 Å². The molecule has 0 radical (unpaired) electrons. The number of nitrogens with two attached hydrogens (primary N) is 1. The molecule has 0 spiro atoms. The average molecular weight is 158 g/mol. The first kappa shape index (κ1) is 7.70. The molecule has 6 nitrogen and oxygen atoms in total. The summed E-state index contributed by atoms with van der Waals surface area (Å²) in [6.45, 7) is -0.0344. The Balaban J connectivity index is 2.73. The van der Waals surface area contributed by atoms with E-state index in [4.69, 9.17) is 11.0 Å². The third-order valence-corrected chi connectivity index (χ3v) is 0.978. The number of hydrogen-bond donors (Lipinski definition) is 2. The van der Waals surface area contributed by atoms with E-state index in [0.717, 1.165) is 6.26 Å². The smallest absolute Gasteiger partial charge is 0.357 e. The molecule has 0 amide bonds. The van der Waals surface area contributed by atoms with Crippen molar-refractivity contribution in [1.29, 1.82) is 0 Å². The van der Waals surface area contributed by atoms with Gasteiger partial charge in [0.1, 0.15) is 12.9 Å². The van der Waals surface area contributed by atoms with E-state index in [-0.39, 0.29) is 18.2 Å². The molecule has 1 aromatic rings. The normalized spacial score (nSPS) is 9.91. The van der Waals surface area contributed by atoms with Crippen LogP contribution in [0.25, 0.3) is 0 Å². The fourth-order valence-corrected chi connectivity index (χ4v) is 0.547. The van der Waals surface area contributed by atoms with E-state index in [1.807, 2.05) is 0 Å². The molecule has 0 fully saturated rings. The molecule has 0 atom stereocenters. The minimum Gasteiger partial charge on any atom is -0.476 e. The Morgan fingerprint density at radius 1 is 1.91 bits per heavy atom. The predicted molar refractivity (Wildman–Crippen MR) is 32.4 cm³/mol. The minimum absolute atomic E-state index is 0.0344. The summed E-state index contributed by atoms with van der Waals surface area (Å²) in [6, 6.07) is 0. The van der Waals surface area contributed by atoms with Crippen molar-refractivity contribution in [3.8, 4) is 0 Å². The lowest BCUT2D eigenvalue weighted by Gasteiger charge is -1.87. The predicted octanol–water partition coefficient (Wildman–Crippen LogP) is -0.237. The van der Waals surface area contributed by atoms with Crippen LogP contribution in [0.15, 0.2) is 10.7 Å². The summed E-state index contributed by atoms with van der Waals surface area (Å²) in [6.07, 6.45) is 1.02. The molecule has 3 N–H and O–H groups in total. The van der Waals surface area contributed by atoms with E-state index in [0.29, 0.717) is 0 Å². The van der Waals surface area contributed by atoms with E-state index >= 15 is 0 Å². The first-order valence-corrected chi connectivity index (χ1v) is 2.73.